The Morgan fingerprint density at radius 2 is 1.65 bits per heavy atom. The highest BCUT2D eigenvalue weighted by Gasteiger charge is 2.32. The summed E-state index contributed by atoms with van der Waals surface area (Å²) in [6.07, 6.45) is 2.71. The molecule has 1 fully saturated rings. The molecule has 0 bridgehead atoms. The van der Waals surface area contributed by atoms with E-state index in [9.17, 15) is 0 Å². The van der Waals surface area contributed by atoms with E-state index in [1.54, 1.807) is 0 Å². The van der Waals surface area contributed by atoms with Crippen molar-refractivity contribution in [1.29, 1.82) is 0 Å². The minimum absolute atomic E-state index is 0.390. The molecule has 2 atom stereocenters. The molecule has 1 aliphatic rings. The molecule has 0 saturated heterocycles. The van der Waals surface area contributed by atoms with E-state index in [0.717, 1.165) is 5.92 Å². The Kier molecular flexibility index (Phi) is 3.88. The molecule has 104 valence electrons. The highest BCUT2D eigenvalue weighted by Crippen LogP contribution is 2.42. The highest BCUT2D eigenvalue weighted by molar-refractivity contribution is 5.26. The first-order chi connectivity index (χ1) is 9.74. The van der Waals surface area contributed by atoms with Gasteiger partial charge in [-0.25, -0.2) is 0 Å². The number of aryl methyl sites for hydroxylation is 1. The minimum Gasteiger partial charge on any atom is -0.303 e. The summed E-state index contributed by atoms with van der Waals surface area (Å²) in [5, 5.41) is 3.84. The van der Waals surface area contributed by atoms with Gasteiger partial charge in [-0.2, -0.15) is 0 Å². The van der Waals surface area contributed by atoms with Gasteiger partial charge in [0.15, 0.2) is 0 Å². The SMILES string of the molecule is Cc1cccc([C@@H](C)NC(c2ccccc2)C2CC2)c1. The van der Waals surface area contributed by atoms with Gasteiger partial charge in [0.05, 0.1) is 0 Å². The standard InChI is InChI=1S/C19H23N/c1-14-7-6-10-18(13-14)15(2)20-19(17-11-12-17)16-8-4-3-5-9-16/h3-10,13,15,17,19-20H,11-12H2,1-2H3/t15-,19?/m1/s1. The van der Waals surface area contributed by atoms with Crippen LogP contribution < -0.4 is 5.32 Å². The van der Waals surface area contributed by atoms with Gasteiger partial charge >= 0.3 is 0 Å². The average molecular weight is 265 g/mol. The van der Waals surface area contributed by atoms with E-state index < -0.39 is 0 Å². The molecule has 1 unspecified atom stereocenters. The van der Waals surface area contributed by atoms with Crippen molar-refractivity contribution < 1.29 is 0 Å². The maximum atomic E-state index is 3.84. The maximum Gasteiger partial charge on any atom is 0.0353 e. The van der Waals surface area contributed by atoms with Crippen molar-refractivity contribution >= 4 is 0 Å². The minimum atomic E-state index is 0.390. The molecule has 0 aromatic heterocycles. The van der Waals surface area contributed by atoms with Crippen LogP contribution in [0.2, 0.25) is 0 Å². The Morgan fingerprint density at radius 1 is 0.950 bits per heavy atom. The lowest BCUT2D eigenvalue weighted by Gasteiger charge is -2.24. The van der Waals surface area contributed by atoms with Crippen molar-refractivity contribution in [3.8, 4) is 0 Å². The largest absolute Gasteiger partial charge is 0.303 e. The van der Waals surface area contributed by atoms with Crippen LogP contribution in [-0.4, -0.2) is 0 Å². The molecule has 1 heteroatoms. The van der Waals surface area contributed by atoms with Gasteiger partial charge in [-0.3, -0.25) is 0 Å². The van der Waals surface area contributed by atoms with Crippen molar-refractivity contribution in [2.45, 2.75) is 38.8 Å². The molecule has 0 radical (unpaired) electrons. The summed E-state index contributed by atoms with van der Waals surface area (Å²) in [4.78, 5) is 0. The van der Waals surface area contributed by atoms with Crippen molar-refractivity contribution in [2.75, 3.05) is 0 Å². The summed E-state index contributed by atoms with van der Waals surface area (Å²) in [5.74, 6) is 0.810. The van der Waals surface area contributed by atoms with Crippen molar-refractivity contribution in [3.63, 3.8) is 0 Å². The molecule has 1 aliphatic carbocycles. The second kappa shape index (κ2) is 5.80. The monoisotopic (exact) mass is 265 g/mol. The summed E-state index contributed by atoms with van der Waals surface area (Å²) < 4.78 is 0. The Bertz CT molecular complexity index is 557. The smallest absolute Gasteiger partial charge is 0.0353 e. The van der Waals surface area contributed by atoms with E-state index in [2.05, 4.69) is 73.8 Å². The van der Waals surface area contributed by atoms with Gasteiger partial charge in [0.25, 0.3) is 0 Å². The number of benzene rings is 2. The van der Waals surface area contributed by atoms with Crippen LogP contribution >= 0.6 is 0 Å². The predicted molar refractivity (Wildman–Crippen MR) is 84.6 cm³/mol. The van der Waals surface area contributed by atoms with Gasteiger partial charge < -0.3 is 5.32 Å². The second-order valence-corrected chi connectivity index (χ2v) is 6.03. The van der Waals surface area contributed by atoms with E-state index >= 15 is 0 Å². The fourth-order valence-electron chi connectivity index (χ4n) is 2.90. The first-order valence-corrected chi connectivity index (χ1v) is 7.61. The molecular weight excluding hydrogens is 242 g/mol. The van der Waals surface area contributed by atoms with Gasteiger partial charge in [-0.05, 0) is 43.7 Å². The Labute approximate surface area is 122 Å². The summed E-state index contributed by atoms with van der Waals surface area (Å²) in [7, 11) is 0. The third-order valence-electron chi connectivity index (χ3n) is 4.22. The van der Waals surface area contributed by atoms with Crippen LogP contribution in [0.5, 0.6) is 0 Å². The number of rotatable bonds is 5. The molecular formula is C19H23N. The van der Waals surface area contributed by atoms with Crippen molar-refractivity contribution in [3.05, 3.63) is 71.3 Å². The van der Waals surface area contributed by atoms with Crippen LogP contribution in [0.1, 0.15) is 48.5 Å². The highest BCUT2D eigenvalue weighted by atomic mass is 15.0. The second-order valence-electron chi connectivity index (χ2n) is 6.03. The number of hydrogen-bond donors (Lipinski definition) is 1. The summed E-state index contributed by atoms with van der Waals surface area (Å²) in [6, 6.07) is 20.6. The van der Waals surface area contributed by atoms with Crippen LogP contribution in [0, 0.1) is 12.8 Å². The predicted octanol–water partition coefficient (Wildman–Crippen LogP) is 4.80. The zero-order valence-electron chi connectivity index (χ0n) is 12.3. The van der Waals surface area contributed by atoms with Crippen LogP contribution in [0.4, 0.5) is 0 Å². The molecule has 1 saturated carbocycles. The Hall–Kier alpha value is -1.60. The Balaban J connectivity index is 1.77. The lowest BCUT2D eigenvalue weighted by molar-refractivity contribution is 0.427. The zero-order chi connectivity index (χ0) is 13.9. The normalized spacial score (nSPS) is 17.7. The molecule has 0 heterocycles. The number of hydrogen-bond acceptors (Lipinski definition) is 1. The van der Waals surface area contributed by atoms with E-state index in [0.29, 0.717) is 12.1 Å². The first-order valence-electron chi connectivity index (χ1n) is 7.61. The maximum absolute atomic E-state index is 3.84. The molecule has 0 amide bonds. The van der Waals surface area contributed by atoms with Gasteiger partial charge in [0, 0.05) is 12.1 Å². The lowest BCUT2D eigenvalue weighted by atomic mass is 9.99. The van der Waals surface area contributed by atoms with E-state index in [-0.39, 0.29) is 0 Å². The molecule has 3 rings (SSSR count). The summed E-state index contributed by atoms with van der Waals surface area (Å²) >= 11 is 0. The lowest BCUT2D eigenvalue weighted by Crippen LogP contribution is -2.26. The Morgan fingerprint density at radius 3 is 2.30 bits per heavy atom. The summed E-state index contributed by atoms with van der Waals surface area (Å²) in [6.45, 7) is 4.43. The molecule has 0 aliphatic heterocycles. The van der Waals surface area contributed by atoms with Crippen LogP contribution in [0.15, 0.2) is 54.6 Å². The molecule has 1 nitrogen and oxygen atoms in total. The van der Waals surface area contributed by atoms with E-state index in [4.69, 9.17) is 0 Å². The van der Waals surface area contributed by atoms with Gasteiger partial charge in [0.1, 0.15) is 0 Å². The quantitative estimate of drug-likeness (QED) is 0.819. The van der Waals surface area contributed by atoms with Crippen molar-refractivity contribution in [1.82, 2.24) is 5.32 Å². The third-order valence-corrected chi connectivity index (χ3v) is 4.22. The van der Waals surface area contributed by atoms with Gasteiger partial charge in [-0.1, -0.05) is 60.2 Å². The third kappa shape index (κ3) is 3.10. The topological polar surface area (TPSA) is 12.0 Å². The first kappa shape index (κ1) is 13.4. The average Bonchev–Trinajstić information content (AvgIpc) is 3.30. The molecule has 0 spiro atoms. The molecule has 2 aromatic rings. The van der Waals surface area contributed by atoms with Crippen LogP contribution in [0.25, 0.3) is 0 Å². The van der Waals surface area contributed by atoms with Crippen molar-refractivity contribution in [2.24, 2.45) is 5.92 Å². The fourth-order valence-corrected chi connectivity index (χ4v) is 2.90. The van der Waals surface area contributed by atoms with Crippen LogP contribution in [0.3, 0.4) is 0 Å². The fraction of sp³-hybridized carbons (Fsp3) is 0.368. The van der Waals surface area contributed by atoms with E-state index in [1.165, 1.54) is 29.5 Å². The van der Waals surface area contributed by atoms with Gasteiger partial charge in [-0.15, -0.1) is 0 Å². The van der Waals surface area contributed by atoms with Gasteiger partial charge in [0.2, 0.25) is 0 Å². The molecule has 1 N–H and O–H groups in total. The van der Waals surface area contributed by atoms with Crippen LogP contribution in [-0.2, 0) is 0 Å². The summed E-state index contributed by atoms with van der Waals surface area (Å²) in [5.41, 5.74) is 4.14. The molecule has 2 aromatic carbocycles. The zero-order valence-corrected chi connectivity index (χ0v) is 12.3. The van der Waals surface area contributed by atoms with E-state index in [1.807, 2.05) is 0 Å². The molecule has 20 heavy (non-hydrogen) atoms. The number of nitrogens with one attached hydrogen (secondary N) is 1.